The molecule has 1 saturated heterocycles. The highest BCUT2D eigenvalue weighted by Gasteiger charge is 2.24. The summed E-state index contributed by atoms with van der Waals surface area (Å²) in [6, 6.07) is 6.59. The predicted molar refractivity (Wildman–Crippen MR) is 109 cm³/mol. The Labute approximate surface area is 166 Å². The largest absolute Gasteiger partial charge is 0.353 e. The number of carbonyl (C=O) groups is 1. The minimum absolute atomic E-state index is 0.232. The third-order valence-electron chi connectivity index (χ3n) is 5.27. The van der Waals surface area contributed by atoms with Crippen molar-refractivity contribution in [2.45, 2.75) is 46.5 Å². The van der Waals surface area contributed by atoms with Gasteiger partial charge in [-0.2, -0.15) is 0 Å². The van der Waals surface area contributed by atoms with Crippen molar-refractivity contribution in [3.8, 4) is 0 Å². The molecule has 0 saturated carbocycles. The molecule has 2 aromatic rings. The fourth-order valence-electron chi connectivity index (χ4n) is 3.65. The van der Waals surface area contributed by atoms with Gasteiger partial charge < -0.3 is 9.80 Å². The molecule has 1 aliphatic heterocycles. The van der Waals surface area contributed by atoms with Gasteiger partial charge >= 0.3 is 0 Å². The summed E-state index contributed by atoms with van der Waals surface area (Å²) < 4.78 is 13.2. The second-order valence-electron chi connectivity index (χ2n) is 7.43. The number of amides is 1. The van der Waals surface area contributed by atoms with Gasteiger partial charge in [-0.15, -0.1) is 0 Å². The smallest absolute Gasteiger partial charge is 0.222 e. The van der Waals surface area contributed by atoms with E-state index in [1.54, 1.807) is 0 Å². The third-order valence-corrected chi connectivity index (χ3v) is 5.27. The summed E-state index contributed by atoms with van der Waals surface area (Å²) in [4.78, 5) is 25.8. The zero-order chi connectivity index (χ0) is 20.1. The van der Waals surface area contributed by atoms with Crippen molar-refractivity contribution in [1.29, 1.82) is 0 Å². The van der Waals surface area contributed by atoms with E-state index >= 15 is 0 Å². The van der Waals surface area contributed by atoms with Gasteiger partial charge in [-0.1, -0.05) is 25.5 Å². The van der Waals surface area contributed by atoms with Crippen LogP contribution in [0.15, 0.2) is 24.3 Å². The van der Waals surface area contributed by atoms with Crippen molar-refractivity contribution in [2.75, 3.05) is 31.1 Å². The van der Waals surface area contributed by atoms with E-state index in [9.17, 15) is 9.18 Å². The van der Waals surface area contributed by atoms with Crippen LogP contribution in [0.2, 0.25) is 0 Å². The highest BCUT2D eigenvalue weighted by Crippen LogP contribution is 2.25. The van der Waals surface area contributed by atoms with Gasteiger partial charge in [-0.05, 0) is 38.0 Å². The molecule has 150 valence electrons. The Hall–Kier alpha value is -2.50. The van der Waals surface area contributed by atoms with Gasteiger partial charge in [0.25, 0.3) is 0 Å². The van der Waals surface area contributed by atoms with Gasteiger partial charge in [0.1, 0.15) is 17.5 Å². The van der Waals surface area contributed by atoms with E-state index in [4.69, 9.17) is 4.98 Å². The molecule has 0 N–H and O–H groups in total. The maximum Gasteiger partial charge on any atom is 0.222 e. The van der Waals surface area contributed by atoms with Crippen LogP contribution in [0.4, 0.5) is 10.2 Å². The van der Waals surface area contributed by atoms with Crippen molar-refractivity contribution in [2.24, 2.45) is 0 Å². The summed E-state index contributed by atoms with van der Waals surface area (Å²) >= 11 is 0. The van der Waals surface area contributed by atoms with E-state index in [1.807, 2.05) is 30.9 Å². The monoisotopic (exact) mass is 384 g/mol. The average Bonchev–Trinajstić information content (AvgIpc) is 2.69. The van der Waals surface area contributed by atoms with Crippen LogP contribution in [-0.2, 0) is 11.2 Å². The Morgan fingerprint density at radius 2 is 1.75 bits per heavy atom. The van der Waals surface area contributed by atoms with Gasteiger partial charge in [0.05, 0.1) is 0 Å². The van der Waals surface area contributed by atoms with Crippen LogP contribution < -0.4 is 4.90 Å². The van der Waals surface area contributed by atoms with Crippen molar-refractivity contribution in [1.82, 2.24) is 14.9 Å². The Morgan fingerprint density at radius 1 is 1.07 bits per heavy atom. The summed E-state index contributed by atoms with van der Waals surface area (Å²) in [6.45, 7) is 8.99. The Kier molecular flexibility index (Phi) is 6.60. The predicted octanol–water partition coefficient (Wildman–Crippen LogP) is 3.66. The second-order valence-corrected chi connectivity index (χ2v) is 7.43. The summed E-state index contributed by atoms with van der Waals surface area (Å²) in [5.41, 5.74) is 3.06. The second kappa shape index (κ2) is 9.13. The van der Waals surface area contributed by atoms with Gasteiger partial charge in [-0.3, -0.25) is 4.79 Å². The maximum atomic E-state index is 13.2. The number of halogens is 1. The molecule has 2 heterocycles. The summed E-state index contributed by atoms with van der Waals surface area (Å²) in [6.07, 6.45) is 3.29. The van der Waals surface area contributed by atoms with E-state index in [-0.39, 0.29) is 11.7 Å². The molecule has 1 aromatic carbocycles. The van der Waals surface area contributed by atoms with Crippen LogP contribution in [0.25, 0.3) is 0 Å². The van der Waals surface area contributed by atoms with Gasteiger partial charge in [-0.25, -0.2) is 14.4 Å². The lowest BCUT2D eigenvalue weighted by molar-refractivity contribution is -0.131. The zero-order valence-corrected chi connectivity index (χ0v) is 17.0. The number of hydrogen-bond donors (Lipinski definition) is 0. The molecule has 1 aromatic heterocycles. The standard InChI is InChI=1S/C22H29FN4O/c1-4-5-6-21(28)26-11-13-27(14-12-26)22-20(16(2)24-17(3)25-22)15-18-7-9-19(23)10-8-18/h7-10H,4-6,11-15H2,1-3H3. The first kappa shape index (κ1) is 20.2. The Bertz CT molecular complexity index is 814. The van der Waals surface area contributed by atoms with Crippen molar-refractivity contribution in [3.63, 3.8) is 0 Å². The van der Waals surface area contributed by atoms with Crippen molar-refractivity contribution >= 4 is 11.7 Å². The Morgan fingerprint density at radius 3 is 2.39 bits per heavy atom. The molecule has 5 nitrogen and oxygen atoms in total. The highest BCUT2D eigenvalue weighted by atomic mass is 19.1. The zero-order valence-electron chi connectivity index (χ0n) is 17.0. The highest BCUT2D eigenvalue weighted by molar-refractivity contribution is 5.76. The van der Waals surface area contributed by atoms with Crippen LogP contribution in [0.5, 0.6) is 0 Å². The molecule has 0 atom stereocenters. The fraction of sp³-hybridized carbons (Fsp3) is 0.500. The number of piperazine rings is 1. The number of aromatic nitrogens is 2. The van der Waals surface area contributed by atoms with Gasteiger partial charge in [0.15, 0.2) is 0 Å². The molecule has 0 spiro atoms. The van der Waals surface area contributed by atoms with Crippen molar-refractivity contribution in [3.05, 3.63) is 52.7 Å². The van der Waals surface area contributed by atoms with E-state index in [0.717, 1.165) is 67.5 Å². The number of carbonyl (C=O) groups excluding carboxylic acids is 1. The minimum Gasteiger partial charge on any atom is -0.353 e. The topological polar surface area (TPSA) is 49.3 Å². The third kappa shape index (κ3) is 4.86. The van der Waals surface area contributed by atoms with Crippen molar-refractivity contribution < 1.29 is 9.18 Å². The summed E-state index contributed by atoms with van der Waals surface area (Å²) in [5.74, 6) is 1.71. The molecule has 28 heavy (non-hydrogen) atoms. The van der Waals surface area contributed by atoms with Crippen LogP contribution in [0.3, 0.4) is 0 Å². The molecule has 1 amide bonds. The molecule has 0 radical (unpaired) electrons. The number of hydrogen-bond acceptors (Lipinski definition) is 4. The molecular formula is C22H29FN4O. The maximum absolute atomic E-state index is 13.2. The van der Waals surface area contributed by atoms with Crippen LogP contribution >= 0.6 is 0 Å². The molecule has 1 aliphatic rings. The molecule has 0 unspecified atom stereocenters. The fourth-order valence-corrected chi connectivity index (χ4v) is 3.65. The Balaban J connectivity index is 1.76. The minimum atomic E-state index is -0.232. The van der Waals surface area contributed by atoms with Gasteiger partial charge in [0, 0.05) is 50.3 Å². The lowest BCUT2D eigenvalue weighted by Crippen LogP contribution is -2.49. The SMILES string of the molecule is CCCCC(=O)N1CCN(c2nc(C)nc(C)c2Cc2ccc(F)cc2)CC1. The molecule has 6 heteroatoms. The molecule has 3 rings (SSSR count). The summed E-state index contributed by atoms with van der Waals surface area (Å²) in [5, 5.41) is 0. The molecule has 1 fully saturated rings. The number of anilines is 1. The first-order valence-electron chi connectivity index (χ1n) is 10.1. The quantitative estimate of drug-likeness (QED) is 0.763. The lowest BCUT2D eigenvalue weighted by atomic mass is 10.0. The van der Waals surface area contributed by atoms with E-state index in [0.29, 0.717) is 12.8 Å². The first-order chi connectivity index (χ1) is 13.5. The average molecular weight is 384 g/mol. The lowest BCUT2D eigenvalue weighted by Gasteiger charge is -2.36. The molecule has 0 aliphatic carbocycles. The first-order valence-corrected chi connectivity index (χ1v) is 10.1. The number of unbranched alkanes of at least 4 members (excludes halogenated alkanes) is 1. The normalized spacial score (nSPS) is 14.4. The van der Waals surface area contributed by atoms with E-state index < -0.39 is 0 Å². The molecule has 0 bridgehead atoms. The van der Waals surface area contributed by atoms with Gasteiger partial charge in [0.2, 0.25) is 5.91 Å². The van der Waals surface area contributed by atoms with E-state index in [2.05, 4.69) is 16.8 Å². The van der Waals surface area contributed by atoms with Crippen LogP contribution in [-0.4, -0.2) is 47.0 Å². The number of rotatable bonds is 6. The van der Waals surface area contributed by atoms with Crippen LogP contribution in [0, 0.1) is 19.7 Å². The van der Waals surface area contributed by atoms with Crippen LogP contribution in [0.1, 0.15) is 48.8 Å². The van der Waals surface area contributed by atoms with E-state index in [1.165, 1.54) is 12.1 Å². The number of benzene rings is 1. The molecular weight excluding hydrogens is 355 g/mol. The number of nitrogens with zero attached hydrogens (tertiary/aromatic N) is 4. The number of aryl methyl sites for hydroxylation is 2. The summed E-state index contributed by atoms with van der Waals surface area (Å²) in [7, 11) is 0.